The van der Waals surface area contributed by atoms with Crippen molar-refractivity contribution in [2.75, 3.05) is 26.3 Å². The van der Waals surface area contributed by atoms with E-state index in [1.807, 2.05) is 0 Å². The lowest BCUT2D eigenvalue weighted by Gasteiger charge is -2.24. The monoisotopic (exact) mass is 181 g/mol. The van der Waals surface area contributed by atoms with Crippen LogP contribution < -0.4 is 10.7 Å². The number of hydrazine groups is 1. The fourth-order valence-electron chi connectivity index (χ4n) is 0.861. The van der Waals surface area contributed by atoms with Gasteiger partial charge in [0.05, 0.1) is 13.2 Å². The van der Waals surface area contributed by atoms with Crippen LogP contribution in [0.4, 0.5) is 0 Å². The molecule has 7 heteroatoms. The summed E-state index contributed by atoms with van der Waals surface area (Å²) in [5.41, 5.74) is 0. The van der Waals surface area contributed by atoms with Crippen molar-refractivity contribution in [2.24, 2.45) is 5.84 Å². The highest BCUT2D eigenvalue weighted by atomic mass is 32.2. The predicted molar refractivity (Wildman–Crippen MR) is 38.6 cm³/mol. The quantitative estimate of drug-likeness (QED) is 0.382. The Bertz CT molecular complexity index is 209. The largest absolute Gasteiger partial charge is 0.379 e. The normalized spacial score (nSPS) is 21.9. The predicted octanol–water partition coefficient (Wildman–Crippen LogP) is -1.97. The van der Waals surface area contributed by atoms with Gasteiger partial charge in [0.2, 0.25) is 0 Å². The first-order valence-corrected chi connectivity index (χ1v) is 4.66. The number of nitrogens with zero attached hydrogens (tertiary/aromatic N) is 1. The molecule has 1 fully saturated rings. The van der Waals surface area contributed by atoms with Gasteiger partial charge >= 0.3 is 0 Å². The van der Waals surface area contributed by atoms with Gasteiger partial charge in [0.1, 0.15) is 0 Å². The van der Waals surface area contributed by atoms with Gasteiger partial charge in [-0.1, -0.05) is 0 Å². The average molecular weight is 181 g/mol. The molecule has 0 aromatic carbocycles. The zero-order valence-corrected chi connectivity index (χ0v) is 6.80. The third-order valence-corrected chi connectivity index (χ3v) is 2.80. The topological polar surface area (TPSA) is 84.7 Å². The van der Waals surface area contributed by atoms with E-state index in [9.17, 15) is 8.42 Å². The van der Waals surface area contributed by atoms with Gasteiger partial charge in [-0.05, 0) is 0 Å². The minimum atomic E-state index is -3.44. The molecule has 0 atom stereocenters. The smallest absolute Gasteiger partial charge is 0.292 e. The molecule has 0 aliphatic carbocycles. The van der Waals surface area contributed by atoms with Crippen LogP contribution in [0.15, 0.2) is 0 Å². The highest BCUT2D eigenvalue weighted by Gasteiger charge is 2.22. The number of rotatable bonds is 2. The molecule has 0 amide bonds. The third-order valence-electron chi connectivity index (χ3n) is 1.46. The van der Waals surface area contributed by atoms with Crippen LogP contribution in [0.1, 0.15) is 0 Å². The Balaban J connectivity index is 2.58. The maximum atomic E-state index is 11.0. The van der Waals surface area contributed by atoms with Crippen LogP contribution in [0.5, 0.6) is 0 Å². The zero-order valence-electron chi connectivity index (χ0n) is 5.99. The summed E-state index contributed by atoms with van der Waals surface area (Å²) in [4.78, 5) is 1.75. The summed E-state index contributed by atoms with van der Waals surface area (Å²) >= 11 is 0. The van der Waals surface area contributed by atoms with Crippen LogP contribution in [-0.2, 0) is 14.9 Å². The van der Waals surface area contributed by atoms with Crippen LogP contribution in [0.2, 0.25) is 0 Å². The Hall–Kier alpha value is -0.210. The number of morpholine rings is 1. The number of hydrogen-bond donors (Lipinski definition) is 2. The Morgan fingerprint density at radius 3 is 2.36 bits per heavy atom. The van der Waals surface area contributed by atoms with E-state index in [4.69, 9.17) is 10.6 Å². The molecule has 66 valence electrons. The van der Waals surface area contributed by atoms with Crippen LogP contribution in [0.25, 0.3) is 0 Å². The van der Waals surface area contributed by atoms with Crippen LogP contribution in [0, 0.1) is 0 Å². The number of nitrogens with two attached hydrogens (primary N) is 1. The molecular formula is C4H11N3O3S. The Morgan fingerprint density at radius 1 is 1.36 bits per heavy atom. The standard InChI is InChI=1S/C4H11N3O3S/c5-6-11(8,9)7-1-3-10-4-2-7/h6H,1-5H2. The molecule has 0 bridgehead atoms. The minimum absolute atomic E-state index is 0.368. The van der Waals surface area contributed by atoms with E-state index >= 15 is 0 Å². The molecule has 11 heavy (non-hydrogen) atoms. The van der Waals surface area contributed by atoms with Crippen LogP contribution in [-0.4, -0.2) is 39.0 Å². The van der Waals surface area contributed by atoms with Crippen molar-refractivity contribution in [3.8, 4) is 0 Å². The van der Waals surface area contributed by atoms with E-state index in [2.05, 4.69) is 0 Å². The summed E-state index contributed by atoms with van der Waals surface area (Å²) in [7, 11) is -3.44. The zero-order chi connectivity index (χ0) is 8.32. The molecule has 1 heterocycles. The summed E-state index contributed by atoms with van der Waals surface area (Å²) in [5, 5.41) is 0. The maximum absolute atomic E-state index is 11.0. The van der Waals surface area contributed by atoms with Crippen molar-refractivity contribution in [3.63, 3.8) is 0 Å². The van der Waals surface area contributed by atoms with Gasteiger partial charge in [0, 0.05) is 13.1 Å². The molecule has 0 spiro atoms. The summed E-state index contributed by atoms with van der Waals surface area (Å²) in [5.74, 6) is 4.82. The van der Waals surface area contributed by atoms with Crippen molar-refractivity contribution in [3.05, 3.63) is 0 Å². The number of hydrogen-bond acceptors (Lipinski definition) is 4. The van der Waals surface area contributed by atoms with Crippen molar-refractivity contribution in [1.29, 1.82) is 0 Å². The first-order chi connectivity index (χ1) is 5.17. The first-order valence-electron chi connectivity index (χ1n) is 3.22. The van der Waals surface area contributed by atoms with Crippen molar-refractivity contribution in [2.45, 2.75) is 0 Å². The van der Waals surface area contributed by atoms with Gasteiger partial charge in [-0.2, -0.15) is 12.7 Å². The molecule has 0 unspecified atom stereocenters. The molecule has 0 aromatic rings. The highest BCUT2D eigenvalue weighted by molar-refractivity contribution is 7.87. The first kappa shape index (κ1) is 8.88. The number of ether oxygens (including phenoxy) is 1. The lowest BCUT2D eigenvalue weighted by Crippen LogP contribution is -2.48. The van der Waals surface area contributed by atoms with E-state index in [1.165, 1.54) is 4.31 Å². The van der Waals surface area contributed by atoms with Crippen molar-refractivity contribution in [1.82, 2.24) is 9.14 Å². The van der Waals surface area contributed by atoms with Gasteiger partial charge in [0.25, 0.3) is 10.2 Å². The molecular weight excluding hydrogens is 170 g/mol. The van der Waals surface area contributed by atoms with Crippen LogP contribution >= 0.6 is 0 Å². The van der Waals surface area contributed by atoms with E-state index in [1.54, 1.807) is 4.83 Å². The SMILES string of the molecule is NNS(=O)(=O)N1CCOCC1. The second-order valence-electron chi connectivity index (χ2n) is 2.13. The Kier molecular flexibility index (Phi) is 2.79. The molecule has 1 saturated heterocycles. The molecule has 0 saturated carbocycles. The maximum Gasteiger partial charge on any atom is 0.292 e. The molecule has 6 nitrogen and oxygen atoms in total. The van der Waals surface area contributed by atoms with Gasteiger partial charge in [-0.25, -0.2) is 0 Å². The Morgan fingerprint density at radius 2 is 1.91 bits per heavy atom. The third kappa shape index (κ3) is 2.11. The van der Waals surface area contributed by atoms with Crippen LogP contribution in [0.3, 0.4) is 0 Å². The summed E-state index contributed by atoms with van der Waals surface area (Å²) in [6.07, 6.45) is 0. The second-order valence-corrected chi connectivity index (χ2v) is 3.84. The average Bonchev–Trinajstić information content (AvgIpc) is 2.06. The fourth-order valence-corrected chi connectivity index (χ4v) is 1.64. The van der Waals surface area contributed by atoms with Gasteiger partial charge < -0.3 is 4.74 Å². The van der Waals surface area contributed by atoms with E-state index < -0.39 is 10.2 Å². The molecule has 1 aliphatic rings. The van der Waals surface area contributed by atoms with Gasteiger partial charge in [-0.15, -0.1) is 4.83 Å². The highest BCUT2D eigenvalue weighted by Crippen LogP contribution is 2.00. The molecule has 0 radical (unpaired) electrons. The lowest BCUT2D eigenvalue weighted by molar-refractivity contribution is 0.0725. The van der Waals surface area contributed by atoms with Gasteiger partial charge in [-0.3, -0.25) is 5.84 Å². The summed E-state index contributed by atoms with van der Waals surface area (Å²) in [6.45, 7) is 1.60. The lowest BCUT2D eigenvalue weighted by atomic mass is 10.5. The summed E-state index contributed by atoms with van der Waals surface area (Å²) < 4.78 is 28.2. The van der Waals surface area contributed by atoms with E-state index in [-0.39, 0.29) is 0 Å². The van der Waals surface area contributed by atoms with Crippen molar-refractivity contribution < 1.29 is 13.2 Å². The molecule has 0 aromatic heterocycles. The minimum Gasteiger partial charge on any atom is -0.379 e. The second kappa shape index (κ2) is 3.46. The molecule has 1 aliphatic heterocycles. The summed E-state index contributed by atoms with van der Waals surface area (Å²) in [6, 6.07) is 0. The van der Waals surface area contributed by atoms with E-state index in [0.717, 1.165) is 0 Å². The van der Waals surface area contributed by atoms with Crippen molar-refractivity contribution >= 4 is 10.2 Å². The van der Waals surface area contributed by atoms with Gasteiger partial charge in [0.15, 0.2) is 0 Å². The Labute approximate surface area is 65.5 Å². The molecule has 1 rings (SSSR count). The fraction of sp³-hybridized carbons (Fsp3) is 1.00. The molecule has 3 N–H and O–H groups in total. The van der Waals surface area contributed by atoms with E-state index in [0.29, 0.717) is 26.3 Å². The number of nitrogens with one attached hydrogen (secondary N) is 1.